The summed E-state index contributed by atoms with van der Waals surface area (Å²) in [6.45, 7) is 0.474. The summed E-state index contributed by atoms with van der Waals surface area (Å²) in [6, 6.07) is 5.81. The van der Waals surface area contributed by atoms with Crippen molar-refractivity contribution < 1.29 is 27.0 Å². The molecule has 1 heterocycles. The molecule has 0 radical (unpaired) electrons. The Bertz CT molecular complexity index is 1270. The predicted molar refractivity (Wildman–Crippen MR) is 147 cm³/mol. The van der Waals surface area contributed by atoms with Crippen molar-refractivity contribution >= 4 is 31.5 Å². The predicted octanol–water partition coefficient (Wildman–Crippen LogP) is 4.44. The van der Waals surface area contributed by atoms with Crippen LogP contribution in [-0.2, 0) is 24.0 Å². The summed E-state index contributed by atoms with van der Waals surface area (Å²) in [5.41, 5.74) is 13.4. The van der Waals surface area contributed by atoms with Gasteiger partial charge in [0, 0.05) is 28.2 Å². The summed E-state index contributed by atoms with van der Waals surface area (Å²) in [6.07, 6.45) is 9.75. The Labute approximate surface area is 231 Å². The van der Waals surface area contributed by atoms with Crippen LogP contribution < -0.4 is 11.5 Å². The van der Waals surface area contributed by atoms with E-state index in [2.05, 4.69) is 15.9 Å². The fourth-order valence-electron chi connectivity index (χ4n) is 4.56. The van der Waals surface area contributed by atoms with Gasteiger partial charge in [0.25, 0.3) is 0 Å². The smallest absolute Gasteiger partial charge is 0.204 e. The highest BCUT2D eigenvalue weighted by molar-refractivity contribution is 9.10. The molecule has 1 aromatic rings. The van der Waals surface area contributed by atoms with Crippen LogP contribution in [0.2, 0.25) is 0 Å². The molecule has 0 spiro atoms. The van der Waals surface area contributed by atoms with Crippen LogP contribution in [0.4, 0.5) is 4.39 Å². The highest BCUT2D eigenvalue weighted by Gasteiger charge is 2.29. The quantitative estimate of drug-likeness (QED) is 0.355. The zero-order chi connectivity index (χ0) is 27.3. The second kappa shape index (κ2) is 12.7. The molecule has 0 amide bonds. The number of aliphatic imine (C=N–C) groups is 1. The lowest BCUT2D eigenvalue weighted by Gasteiger charge is -2.29. The Hall–Kier alpha value is -2.31. The number of hydrogen-bond acceptors (Lipinski definition) is 8. The number of hydrogen-bond donors (Lipinski definition) is 2. The minimum absolute atomic E-state index is 0.0979. The molecule has 11 heteroatoms. The normalized spacial score (nSPS) is 23.1. The fourth-order valence-corrected chi connectivity index (χ4v) is 6.03. The molecule has 0 bridgehead atoms. The van der Waals surface area contributed by atoms with Crippen LogP contribution >= 0.6 is 15.9 Å². The zero-order valence-electron chi connectivity index (χ0n) is 21.2. The van der Waals surface area contributed by atoms with Crippen LogP contribution in [0.25, 0.3) is 0 Å². The maximum absolute atomic E-state index is 13.8. The van der Waals surface area contributed by atoms with Crippen molar-refractivity contribution in [2.24, 2.45) is 22.4 Å². The van der Waals surface area contributed by atoms with Gasteiger partial charge < -0.3 is 19.9 Å². The third kappa shape index (κ3) is 6.81. The van der Waals surface area contributed by atoms with Crippen LogP contribution in [0, 0.1) is 5.92 Å². The average Bonchev–Trinajstić information content (AvgIpc) is 2.91. The summed E-state index contributed by atoms with van der Waals surface area (Å²) < 4.78 is 57.1. The molecule has 4 rings (SSSR count). The van der Waals surface area contributed by atoms with Crippen molar-refractivity contribution in [3.8, 4) is 0 Å². The molecule has 1 aromatic carbocycles. The van der Waals surface area contributed by atoms with Gasteiger partial charge in [-0.05, 0) is 74.3 Å². The van der Waals surface area contributed by atoms with E-state index in [1.165, 1.54) is 19.1 Å². The van der Waals surface area contributed by atoms with Crippen molar-refractivity contribution in [1.29, 1.82) is 0 Å². The van der Waals surface area contributed by atoms with Gasteiger partial charge in [0.15, 0.2) is 5.44 Å². The molecule has 0 aromatic heterocycles. The third-order valence-corrected chi connectivity index (χ3v) is 9.17. The molecular formula is C27H33BrFN3O5S. The van der Waals surface area contributed by atoms with Crippen molar-refractivity contribution in [3.05, 3.63) is 75.8 Å². The second-order valence-electron chi connectivity index (χ2n) is 9.37. The first kappa shape index (κ1) is 28.7. The van der Waals surface area contributed by atoms with E-state index >= 15 is 0 Å². The van der Waals surface area contributed by atoms with Crippen LogP contribution in [0.1, 0.15) is 32.6 Å². The van der Waals surface area contributed by atoms with E-state index in [9.17, 15) is 12.8 Å². The standard InChI is InChI=1S/C27H33BrFN3O5S/c1-17(38(33,34)23-7-4-20(28)5-8-23)37-22(14-29)15-35-27-13-19(2-9-24(27)31)25-10-3-18-12-21(36-16-30)6-11-26(18)32-25/h2,4-8,11,13,17-18,22,24H,3,9-10,12,14-16,30-31H2,1H3. The monoisotopic (exact) mass is 609 g/mol. The van der Waals surface area contributed by atoms with Crippen LogP contribution in [0.3, 0.4) is 0 Å². The number of fused-ring (bicyclic) bond motifs is 1. The van der Waals surface area contributed by atoms with Gasteiger partial charge in [-0.25, -0.2) is 12.8 Å². The first-order valence-corrected chi connectivity index (χ1v) is 14.9. The summed E-state index contributed by atoms with van der Waals surface area (Å²) in [4.78, 5) is 4.97. The van der Waals surface area contributed by atoms with E-state index in [0.717, 1.165) is 46.5 Å². The highest BCUT2D eigenvalue weighted by atomic mass is 79.9. The summed E-state index contributed by atoms with van der Waals surface area (Å²) in [5.74, 6) is 1.67. The summed E-state index contributed by atoms with van der Waals surface area (Å²) in [7, 11) is -3.81. The van der Waals surface area contributed by atoms with Gasteiger partial charge in [0.1, 0.15) is 31.9 Å². The molecule has 206 valence electrons. The SMILES string of the molecule is CC(OC(CF)COC1=CC(C2=NC3=CC=C(OCN)CC3CC2)=CCC1N)S(=O)(=O)c1ccc(Br)cc1. The number of halogens is 2. The number of ether oxygens (including phenoxy) is 3. The fraction of sp³-hybridized carbons (Fsp3) is 0.444. The lowest BCUT2D eigenvalue weighted by Crippen LogP contribution is -2.34. The number of allylic oxidation sites excluding steroid dienone is 6. The lowest BCUT2D eigenvalue weighted by atomic mass is 9.85. The number of benzene rings is 1. The number of rotatable bonds is 11. The first-order chi connectivity index (χ1) is 18.2. The van der Waals surface area contributed by atoms with E-state index in [1.807, 2.05) is 24.3 Å². The maximum Gasteiger partial charge on any atom is 0.204 e. The van der Waals surface area contributed by atoms with Gasteiger partial charge in [0.05, 0.1) is 16.7 Å². The summed E-state index contributed by atoms with van der Waals surface area (Å²) >= 11 is 3.28. The van der Waals surface area contributed by atoms with Crippen molar-refractivity contribution in [3.63, 3.8) is 0 Å². The molecule has 3 aliphatic rings. The summed E-state index contributed by atoms with van der Waals surface area (Å²) in [5, 5.41) is 0. The van der Waals surface area contributed by atoms with Crippen molar-refractivity contribution in [2.45, 2.75) is 55.1 Å². The van der Waals surface area contributed by atoms with Crippen LogP contribution in [-0.4, -0.2) is 51.7 Å². The molecule has 38 heavy (non-hydrogen) atoms. The minimum atomic E-state index is -3.81. The second-order valence-corrected chi connectivity index (χ2v) is 12.5. The third-order valence-electron chi connectivity index (χ3n) is 6.73. The Balaban J connectivity index is 1.40. The Morgan fingerprint density at radius 1 is 1.21 bits per heavy atom. The van der Waals surface area contributed by atoms with Crippen molar-refractivity contribution in [2.75, 3.05) is 20.0 Å². The Morgan fingerprint density at radius 3 is 2.68 bits per heavy atom. The van der Waals surface area contributed by atoms with Crippen molar-refractivity contribution in [1.82, 2.24) is 0 Å². The highest BCUT2D eigenvalue weighted by Crippen LogP contribution is 2.36. The molecule has 2 aliphatic carbocycles. The molecule has 0 saturated heterocycles. The van der Waals surface area contributed by atoms with Gasteiger partial charge in [0.2, 0.25) is 9.84 Å². The topological polar surface area (TPSA) is 126 Å². The molecule has 1 aliphatic heterocycles. The first-order valence-electron chi connectivity index (χ1n) is 12.5. The van der Waals surface area contributed by atoms with Gasteiger partial charge in [-0.15, -0.1) is 0 Å². The largest absolute Gasteiger partial charge is 0.493 e. The molecule has 4 atom stereocenters. The van der Waals surface area contributed by atoms with E-state index < -0.39 is 34.1 Å². The minimum Gasteiger partial charge on any atom is -0.493 e. The molecular weight excluding hydrogens is 577 g/mol. The van der Waals surface area contributed by atoms with Crippen LogP contribution in [0.5, 0.6) is 0 Å². The molecule has 0 fully saturated rings. The number of alkyl halides is 1. The van der Waals surface area contributed by atoms with Gasteiger partial charge in [-0.1, -0.05) is 22.0 Å². The number of sulfone groups is 1. The zero-order valence-corrected chi connectivity index (χ0v) is 23.6. The van der Waals surface area contributed by atoms with E-state index in [4.69, 9.17) is 30.7 Å². The Morgan fingerprint density at radius 2 is 1.97 bits per heavy atom. The molecule has 8 nitrogen and oxygen atoms in total. The van der Waals surface area contributed by atoms with Gasteiger partial charge in [-0.3, -0.25) is 10.7 Å². The molecule has 4 N–H and O–H groups in total. The van der Waals surface area contributed by atoms with Gasteiger partial charge in [-0.2, -0.15) is 0 Å². The van der Waals surface area contributed by atoms with E-state index in [-0.39, 0.29) is 18.2 Å². The molecule has 4 unspecified atom stereocenters. The van der Waals surface area contributed by atoms with E-state index in [1.54, 1.807) is 12.1 Å². The average molecular weight is 611 g/mol. The molecule has 0 saturated carbocycles. The van der Waals surface area contributed by atoms with E-state index in [0.29, 0.717) is 18.1 Å². The Kier molecular flexibility index (Phi) is 9.59. The number of nitrogens with zero attached hydrogens (tertiary/aromatic N) is 1. The maximum atomic E-state index is 13.8. The lowest BCUT2D eigenvalue weighted by molar-refractivity contribution is -0.0225. The van der Waals surface area contributed by atoms with Gasteiger partial charge >= 0.3 is 0 Å². The van der Waals surface area contributed by atoms with Crippen LogP contribution in [0.15, 0.2) is 85.7 Å². The number of nitrogens with two attached hydrogens (primary N) is 2.